The largest absolute Gasteiger partial charge is 0.390 e. The van der Waals surface area contributed by atoms with E-state index < -0.39 is 0 Å². The number of rotatable bonds is 10. The van der Waals surface area contributed by atoms with Gasteiger partial charge < -0.3 is 20.7 Å². The van der Waals surface area contributed by atoms with Gasteiger partial charge in [0.1, 0.15) is 11.6 Å². The zero-order valence-corrected chi connectivity index (χ0v) is 13.4. The van der Waals surface area contributed by atoms with Gasteiger partial charge in [0.2, 0.25) is 0 Å². The fourth-order valence-electron chi connectivity index (χ4n) is 2.10. The van der Waals surface area contributed by atoms with Crippen LogP contribution in [0.1, 0.15) is 13.3 Å². The second kappa shape index (κ2) is 12.0. The number of piperazine rings is 1. The second-order valence-electron chi connectivity index (χ2n) is 5.02. The van der Waals surface area contributed by atoms with Crippen LogP contribution < -0.4 is 16.0 Å². The number of amides is 1. The summed E-state index contributed by atoms with van der Waals surface area (Å²) in [6.07, 6.45) is 2.32. The van der Waals surface area contributed by atoms with Crippen LogP contribution in [-0.2, 0) is 9.53 Å². The average Bonchev–Trinajstić information content (AvgIpc) is 2.55. The Labute approximate surface area is 132 Å². The number of carbonyl (C=O) groups excluding carboxylic acids is 1. The van der Waals surface area contributed by atoms with Gasteiger partial charge in [0.15, 0.2) is 0 Å². The highest BCUT2D eigenvalue weighted by Gasteiger charge is 2.11. The molecular weight excluding hydrogens is 282 g/mol. The molecule has 0 aromatic carbocycles. The molecule has 0 aliphatic carbocycles. The quantitative estimate of drug-likeness (QED) is 0.284. The van der Waals surface area contributed by atoms with E-state index in [1.807, 2.05) is 13.0 Å². The van der Waals surface area contributed by atoms with E-state index in [1.54, 1.807) is 0 Å². The van der Waals surface area contributed by atoms with Crippen molar-refractivity contribution in [3.8, 4) is 6.07 Å². The third-order valence-electron chi connectivity index (χ3n) is 3.35. The number of nitriles is 1. The van der Waals surface area contributed by atoms with Gasteiger partial charge in [0, 0.05) is 65.2 Å². The molecular formula is C15H27N5O2. The maximum Gasteiger partial charge on any atom is 0.263 e. The Morgan fingerprint density at radius 3 is 2.86 bits per heavy atom. The molecule has 7 nitrogen and oxygen atoms in total. The number of hydrogen-bond donors (Lipinski definition) is 3. The Kier molecular flexibility index (Phi) is 10.0. The summed E-state index contributed by atoms with van der Waals surface area (Å²) in [5.41, 5.74) is 0.108. The SMILES string of the molecule is CCOCCCN/C=C(/C#N)C(=O)NCCN1CCNCC1. The van der Waals surface area contributed by atoms with E-state index in [0.29, 0.717) is 26.3 Å². The predicted octanol–water partition coefficient (Wildman–Crippen LogP) is -0.569. The van der Waals surface area contributed by atoms with Crippen LogP contribution in [0.5, 0.6) is 0 Å². The maximum absolute atomic E-state index is 11.9. The van der Waals surface area contributed by atoms with Crippen molar-refractivity contribution in [3.63, 3.8) is 0 Å². The lowest BCUT2D eigenvalue weighted by molar-refractivity contribution is -0.117. The number of hydrogen-bond acceptors (Lipinski definition) is 6. The lowest BCUT2D eigenvalue weighted by atomic mass is 10.3. The van der Waals surface area contributed by atoms with E-state index in [1.165, 1.54) is 6.20 Å². The topological polar surface area (TPSA) is 89.4 Å². The smallest absolute Gasteiger partial charge is 0.263 e. The van der Waals surface area contributed by atoms with Crippen molar-refractivity contribution >= 4 is 5.91 Å². The highest BCUT2D eigenvalue weighted by atomic mass is 16.5. The summed E-state index contributed by atoms with van der Waals surface area (Å²) in [6, 6.07) is 1.92. The summed E-state index contributed by atoms with van der Waals surface area (Å²) in [7, 11) is 0. The van der Waals surface area contributed by atoms with Gasteiger partial charge in [0.05, 0.1) is 0 Å². The molecule has 1 aliphatic rings. The van der Waals surface area contributed by atoms with E-state index in [0.717, 1.165) is 39.1 Å². The van der Waals surface area contributed by atoms with Crippen LogP contribution in [0.3, 0.4) is 0 Å². The fourth-order valence-corrected chi connectivity index (χ4v) is 2.10. The molecule has 1 rings (SSSR count). The molecule has 3 N–H and O–H groups in total. The average molecular weight is 309 g/mol. The number of nitrogens with zero attached hydrogens (tertiary/aromatic N) is 2. The van der Waals surface area contributed by atoms with Gasteiger partial charge in [-0.1, -0.05) is 0 Å². The molecule has 124 valence electrons. The maximum atomic E-state index is 11.9. The van der Waals surface area contributed by atoms with E-state index in [4.69, 9.17) is 10.00 Å². The highest BCUT2D eigenvalue weighted by Crippen LogP contribution is 1.93. The zero-order chi connectivity index (χ0) is 16.0. The molecule has 1 fully saturated rings. The Morgan fingerprint density at radius 1 is 1.41 bits per heavy atom. The molecule has 0 bridgehead atoms. The summed E-state index contributed by atoms with van der Waals surface area (Å²) in [6.45, 7) is 9.36. The van der Waals surface area contributed by atoms with Crippen molar-refractivity contribution in [3.05, 3.63) is 11.8 Å². The molecule has 0 spiro atoms. The Morgan fingerprint density at radius 2 is 2.18 bits per heavy atom. The third kappa shape index (κ3) is 7.98. The molecule has 1 aliphatic heterocycles. The van der Waals surface area contributed by atoms with E-state index in [9.17, 15) is 4.79 Å². The Balaban J connectivity index is 2.18. The van der Waals surface area contributed by atoms with Crippen molar-refractivity contribution in [1.82, 2.24) is 20.9 Å². The molecule has 0 unspecified atom stereocenters. The first kappa shape index (κ1) is 18.4. The molecule has 0 atom stereocenters. The summed E-state index contributed by atoms with van der Waals surface area (Å²) in [5, 5.41) is 18.1. The van der Waals surface area contributed by atoms with Gasteiger partial charge in [-0.15, -0.1) is 0 Å². The van der Waals surface area contributed by atoms with Crippen LogP contribution in [0.15, 0.2) is 11.8 Å². The minimum absolute atomic E-state index is 0.108. The number of carbonyl (C=O) groups is 1. The van der Waals surface area contributed by atoms with Gasteiger partial charge in [-0.3, -0.25) is 9.69 Å². The van der Waals surface area contributed by atoms with Gasteiger partial charge in [-0.2, -0.15) is 5.26 Å². The van der Waals surface area contributed by atoms with Gasteiger partial charge in [-0.25, -0.2) is 0 Å². The molecule has 1 amide bonds. The standard InChI is InChI=1S/C15H27N5O2/c1-2-22-11-3-4-18-13-14(12-16)15(21)19-7-10-20-8-5-17-6-9-20/h13,17-18H,2-11H2,1H3,(H,19,21)/b14-13-. The summed E-state index contributed by atoms with van der Waals surface area (Å²) < 4.78 is 5.21. The molecule has 0 aromatic rings. The fraction of sp³-hybridized carbons (Fsp3) is 0.733. The summed E-state index contributed by atoms with van der Waals surface area (Å²) >= 11 is 0. The molecule has 0 radical (unpaired) electrons. The lowest BCUT2D eigenvalue weighted by Gasteiger charge is -2.27. The first-order chi connectivity index (χ1) is 10.8. The van der Waals surface area contributed by atoms with E-state index in [2.05, 4.69) is 20.9 Å². The van der Waals surface area contributed by atoms with E-state index in [-0.39, 0.29) is 11.5 Å². The van der Waals surface area contributed by atoms with Crippen molar-refractivity contribution in [2.45, 2.75) is 13.3 Å². The Hall–Kier alpha value is -1.62. The molecule has 22 heavy (non-hydrogen) atoms. The van der Waals surface area contributed by atoms with Crippen molar-refractivity contribution in [2.75, 3.05) is 59.0 Å². The lowest BCUT2D eigenvalue weighted by Crippen LogP contribution is -2.46. The van der Waals surface area contributed by atoms with Crippen LogP contribution in [0.2, 0.25) is 0 Å². The van der Waals surface area contributed by atoms with Crippen molar-refractivity contribution < 1.29 is 9.53 Å². The minimum Gasteiger partial charge on any atom is -0.390 e. The van der Waals surface area contributed by atoms with Crippen LogP contribution in [0.4, 0.5) is 0 Å². The van der Waals surface area contributed by atoms with E-state index >= 15 is 0 Å². The van der Waals surface area contributed by atoms with Crippen molar-refractivity contribution in [1.29, 1.82) is 5.26 Å². The van der Waals surface area contributed by atoms with Gasteiger partial charge in [0.25, 0.3) is 5.91 Å². The van der Waals surface area contributed by atoms with Crippen LogP contribution >= 0.6 is 0 Å². The number of ether oxygens (including phenoxy) is 1. The van der Waals surface area contributed by atoms with Crippen LogP contribution in [0.25, 0.3) is 0 Å². The first-order valence-electron chi connectivity index (χ1n) is 7.90. The van der Waals surface area contributed by atoms with Gasteiger partial charge in [-0.05, 0) is 13.3 Å². The molecule has 0 saturated carbocycles. The third-order valence-corrected chi connectivity index (χ3v) is 3.35. The van der Waals surface area contributed by atoms with Crippen LogP contribution in [-0.4, -0.2) is 69.8 Å². The second-order valence-corrected chi connectivity index (χ2v) is 5.02. The van der Waals surface area contributed by atoms with Crippen LogP contribution in [0, 0.1) is 11.3 Å². The molecule has 1 heterocycles. The highest BCUT2D eigenvalue weighted by molar-refractivity contribution is 5.97. The zero-order valence-electron chi connectivity index (χ0n) is 13.4. The summed E-state index contributed by atoms with van der Waals surface area (Å²) in [5.74, 6) is -0.324. The predicted molar refractivity (Wildman–Crippen MR) is 85.1 cm³/mol. The number of nitrogens with one attached hydrogen (secondary N) is 3. The monoisotopic (exact) mass is 309 g/mol. The first-order valence-corrected chi connectivity index (χ1v) is 7.90. The summed E-state index contributed by atoms with van der Waals surface area (Å²) in [4.78, 5) is 14.2. The molecule has 7 heteroatoms. The van der Waals surface area contributed by atoms with Crippen molar-refractivity contribution in [2.24, 2.45) is 0 Å². The molecule has 0 aromatic heterocycles. The van der Waals surface area contributed by atoms with Gasteiger partial charge >= 0.3 is 0 Å². The Bertz CT molecular complexity index is 386. The normalized spacial score (nSPS) is 16.1. The minimum atomic E-state index is -0.324. The molecule has 1 saturated heterocycles.